The Morgan fingerprint density at radius 1 is 1.07 bits per heavy atom. The maximum absolute atomic E-state index is 13.6. The molecule has 4 rings (SSSR count). The molecule has 1 atom stereocenters. The number of aromatic amines is 1. The largest absolute Gasteiger partial charge is 0.490 e. The molecule has 1 aliphatic rings. The number of ether oxygens (including phenoxy) is 1. The van der Waals surface area contributed by atoms with Gasteiger partial charge in [0.1, 0.15) is 12.1 Å². The molecule has 3 aromatic rings. The van der Waals surface area contributed by atoms with Crippen LogP contribution in [0.3, 0.4) is 0 Å². The summed E-state index contributed by atoms with van der Waals surface area (Å²) < 4.78 is 84.3. The Balaban J connectivity index is 1.51. The van der Waals surface area contributed by atoms with Crippen molar-refractivity contribution in [3.63, 3.8) is 0 Å². The second-order valence-corrected chi connectivity index (χ2v) is 10.2. The average molecular weight is 622 g/mol. The van der Waals surface area contributed by atoms with Gasteiger partial charge in [-0.25, -0.2) is 14.8 Å². The van der Waals surface area contributed by atoms with Crippen molar-refractivity contribution in [2.75, 3.05) is 49.1 Å². The minimum atomic E-state index is -5.10. The minimum Gasteiger partial charge on any atom is -0.440 e. The van der Waals surface area contributed by atoms with Crippen molar-refractivity contribution in [1.82, 2.24) is 25.1 Å². The van der Waals surface area contributed by atoms with E-state index in [1.54, 1.807) is 35.8 Å². The molecule has 0 radical (unpaired) electrons. The van der Waals surface area contributed by atoms with E-state index in [0.29, 0.717) is 50.7 Å². The number of fused-ring (bicyclic) bond motifs is 1. The third kappa shape index (κ3) is 6.83. The van der Waals surface area contributed by atoms with E-state index < -0.39 is 30.2 Å². The number of piperazine rings is 1. The molecule has 42 heavy (non-hydrogen) atoms. The van der Waals surface area contributed by atoms with Crippen LogP contribution in [0.5, 0.6) is 0 Å². The highest BCUT2D eigenvalue weighted by atomic mass is 35.5. The molecule has 0 saturated carbocycles. The number of rotatable bonds is 9. The predicted octanol–water partition coefficient (Wildman–Crippen LogP) is 5.37. The Morgan fingerprint density at radius 2 is 1.71 bits per heavy atom. The fraction of sp³-hybridized carbons (Fsp3) is 0.538. The maximum Gasteiger partial charge on any atom is 0.490 e. The molecule has 230 valence electrons. The standard InChI is InChI=1S/C26H30ClF6N7O2/c1-4-38(5-2)19(42-24(41)26(31,32)33)7-6-16-12-17(27)13-18(15(16)3)39-8-10-40(11-9-39)23-20-21(25(28,29)30)36-37-22(20)34-14-35-23/h12-14,19H,4-11H2,1-3H3,(H,34,35,36,37). The average Bonchev–Trinajstić information content (AvgIpc) is 3.38. The van der Waals surface area contributed by atoms with Gasteiger partial charge in [0, 0.05) is 43.3 Å². The van der Waals surface area contributed by atoms with Crippen LogP contribution in [0.2, 0.25) is 5.02 Å². The van der Waals surface area contributed by atoms with Crippen LogP contribution in [0.4, 0.5) is 37.8 Å². The normalized spacial score (nSPS) is 15.5. The number of nitrogens with zero attached hydrogens (tertiary/aromatic N) is 6. The van der Waals surface area contributed by atoms with Gasteiger partial charge in [0.15, 0.2) is 17.6 Å². The number of H-pyrrole nitrogens is 1. The molecule has 1 N–H and O–H groups in total. The number of hydrogen-bond acceptors (Lipinski definition) is 8. The van der Waals surface area contributed by atoms with Crippen LogP contribution in [0, 0.1) is 6.92 Å². The predicted molar refractivity (Wildman–Crippen MR) is 144 cm³/mol. The number of nitrogens with one attached hydrogen (secondary N) is 1. The van der Waals surface area contributed by atoms with Gasteiger partial charge in [-0.15, -0.1) is 0 Å². The smallest absolute Gasteiger partial charge is 0.440 e. The highest BCUT2D eigenvalue weighted by molar-refractivity contribution is 6.31. The SMILES string of the molecule is CCN(CC)C(CCc1cc(Cl)cc(N2CCN(c3ncnc4n[nH]c(C(F)(F)F)c34)CC2)c1C)OC(=O)C(F)(F)F. The van der Waals surface area contributed by atoms with Crippen LogP contribution in [0.25, 0.3) is 11.0 Å². The summed E-state index contributed by atoms with van der Waals surface area (Å²) in [5, 5.41) is 5.94. The number of alkyl halides is 6. The molecule has 1 unspecified atom stereocenters. The zero-order valence-corrected chi connectivity index (χ0v) is 23.9. The number of benzene rings is 1. The van der Waals surface area contributed by atoms with Crippen LogP contribution >= 0.6 is 11.6 Å². The second kappa shape index (κ2) is 12.5. The van der Waals surface area contributed by atoms with Crippen LogP contribution in [0.1, 0.15) is 37.1 Å². The van der Waals surface area contributed by atoms with Crippen molar-refractivity contribution < 1.29 is 35.9 Å². The number of anilines is 2. The molecule has 0 spiro atoms. The molecule has 0 amide bonds. The van der Waals surface area contributed by atoms with Crippen LogP contribution in [-0.4, -0.2) is 82.7 Å². The Bertz CT molecular complexity index is 1400. The van der Waals surface area contributed by atoms with Gasteiger partial charge in [0.2, 0.25) is 0 Å². The van der Waals surface area contributed by atoms with Gasteiger partial charge >= 0.3 is 18.3 Å². The summed E-state index contributed by atoms with van der Waals surface area (Å²) in [7, 11) is 0. The third-order valence-electron chi connectivity index (χ3n) is 7.34. The van der Waals surface area contributed by atoms with Crippen molar-refractivity contribution in [3.05, 3.63) is 40.3 Å². The summed E-state index contributed by atoms with van der Waals surface area (Å²) in [6, 6.07) is 3.51. The van der Waals surface area contributed by atoms with E-state index in [1.165, 1.54) is 6.33 Å². The van der Waals surface area contributed by atoms with Crippen molar-refractivity contribution in [2.24, 2.45) is 0 Å². The first kappa shape index (κ1) is 31.6. The lowest BCUT2D eigenvalue weighted by atomic mass is 10.00. The summed E-state index contributed by atoms with van der Waals surface area (Å²) in [6.45, 7) is 7.77. The molecular formula is C26H30ClF6N7O2. The molecule has 16 heteroatoms. The Labute approximate surface area is 242 Å². The lowest BCUT2D eigenvalue weighted by Gasteiger charge is -2.38. The van der Waals surface area contributed by atoms with E-state index in [9.17, 15) is 31.1 Å². The highest BCUT2D eigenvalue weighted by Gasteiger charge is 2.43. The van der Waals surface area contributed by atoms with Gasteiger partial charge in [-0.2, -0.15) is 31.4 Å². The number of carbonyl (C=O) groups is 1. The Kier molecular flexibility index (Phi) is 9.40. The number of halogens is 7. The fourth-order valence-electron chi connectivity index (χ4n) is 5.17. The molecule has 9 nitrogen and oxygen atoms in total. The van der Waals surface area contributed by atoms with Gasteiger partial charge in [-0.05, 0) is 49.7 Å². The summed E-state index contributed by atoms with van der Waals surface area (Å²) in [5.74, 6) is -2.10. The van der Waals surface area contributed by atoms with Crippen LogP contribution in [0.15, 0.2) is 18.5 Å². The number of aryl methyl sites for hydroxylation is 1. The number of hydrogen-bond donors (Lipinski definition) is 1. The fourth-order valence-corrected chi connectivity index (χ4v) is 5.40. The Hall–Kier alpha value is -3.33. The maximum atomic E-state index is 13.6. The third-order valence-corrected chi connectivity index (χ3v) is 7.56. The van der Waals surface area contributed by atoms with E-state index in [2.05, 4.69) is 15.1 Å². The number of esters is 1. The van der Waals surface area contributed by atoms with Crippen molar-refractivity contribution >= 4 is 40.1 Å². The van der Waals surface area contributed by atoms with E-state index in [0.717, 1.165) is 16.8 Å². The first-order valence-corrected chi connectivity index (χ1v) is 13.7. The zero-order valence-electron chi connectivity index (χ0n) is 23.1. The topological polar surface area (TPSA) is 90.5 Å². The first-order chi connectivity index (χ1) is 19.7. The highest BCUT2D eigenvalue weighted by Crippen LogP contribution is 2.37. The van der Waals surface area contributed by atoms with Crippen LogP contribution < -0.4 is 9.80 Å². The lowest BCUT2D eigenvalue weighted by molar-refractivity contribution is -0.213. The zero-order chi connectivity index (χ0) is 30.8. The van der Waals surface area contributed by atoms with E-state index in [1.807, 2.05) is 16.9 Å². The quantitative estimate of drug-likeness (QED) is 0.194. The van der Waals surface area contributed by atoms with Crippen molar-refractivity contribution in [3.8, 4) is 0 Å². The molecule has 1 aliphatic heterocycles. The van der Waals surface area contributed by atoms with Crippen molar-refractivity contribution in [1.29, 1.82) is 0 Å². The monoisotopic (exact) mass is 621 g/mol. The summed E-state index contributed by atoms with van der Waals surface area (Å²) >= 11 is 6.44. The molecule has 1 saturated heterocycles. The molecule has 1 aromatic carbocycles. The van der Waals surface area contributed by atoms with Gasteiger partial charge in [0.25, 0.3) is 0 Å². The van der Waals surface area contributed by atoms with Gasteiger partial charge in [-0.3, -0.25) is 10.00 Å². The van der Waals surface area contributed by atoms with Gasteiger partial charge < -0.3 is 14.5 Å². The Morgan fingerprint density at radius 3 is 2.31 bits per heavy atom. The summed E-state index contributed by atoms with van der Waals surface area (Å²) in [4.78, 5) is 25.0. The molecular weight excluding hydrogens is 592 g/mol. The molecule has 1 fully saturated rings. The lowest BCUT2D eigenvalue weighted by Crippen LogP contribution is -2.47. The molecule has 2 aromatic heterocycles. The molecule has 0 bridgehead atoms. The van der Waals surface area contributed by atoms with E-state index in [-0.39, 0.29) is 23.3 Å². The summed E-state index contributed by atoms with van der Waals surface area (Å²) in [6.07, 6.45) is -9.24. The number of aromatic nitrogens is 4. The number of carbonyl (C=O) groups excluding carboxylic acids is 1. The summed E-state index contributed by atoms with van der Waals surface area (Å²) in [5.41, 5.74) is 1.36. The van der Waals surface area contributed by atoms with E-state index >= 15 is 0 Å². The van der Waals surface area contributed by atoms with Gasteiger partial charge in [0.05, 0.1) is 5.39 Å². The molecule has 3 heterocycles. The van der Waals surface area contributed by atoms with Crippen molar-refractivity contribution in [2.45, 2.75) is 52.2 Å². The molecule has 0 aliphatic carbocycles. The van der Waals surface area contributed by atoms with E-state index in [4.69, 9.17) is 16.3 Å². The van der Waals surface area contributed by atoms with Gasteiger partial charge in [-0.1, -0.05) is 25.4 Å². The van der Waals surface area contributed by atoms with Crippen LogP contribution in [-0.2, 0) is 22.1 Å². The second-order valence-electron chi connectivity index (χ2n) is 9.79. The first-order valence-electron chi connectivity index (χ1n) is 13.3. The minimum absolute atomic E-state index is 0.0750.